The van der Waals surface area contributed by atoms with Crippen LogP contribution in [0.4, 0.5) is 0 Å². The van der Waals surface area contributed by atoms with Gasteiger partial charge in [0.1, 0.15) is 15.5 Å². The largest absolute Gasteiger partial charge is 0.451 e. The summed E-state index contributed by atoms with van der Waals surface area (Å²) in [5, 5.41) is 3.14. The molecule has 0 unspecified atom stereocenters. The number of aromatic nitrogens is 2. The third-order valence-corrected chi connectivity index (χ3v) is 5.58. The van der Waals surface area contributed by atoms with Crippen molar-refractivity contribution in [1.82, 2.24) is 15.3 Å². The summed E-state index contributed by atoms with van der Waals surface area (Å²) in [6.07, 6.45) is 0. The first-order valence-corrected chi connectivity index (χ1v) is 9.67. The molecule has 0 fully saturated rings. The van der Waals surface area contributed by atoms with Crippen molar-refractivity contribution in [2.24, 2.45) is 0 Å². The van der Waals surface area contributed by atoms with E-state index in [2.05, 4.69) is 15.3 Å². The molecule has 3 aromatic rings. The lowest BCUT2D eigenvalue weighted by molar-refractivity contribution is -0.124. The predicted molar refractivity (Wildman–Crippen MR) is 108 cm³/mol. The highest BCUT2D eigenvalue weighted by molar-refractivity contribution is 7.20. The van der Waals surface area contributed by atoms with E-state index in [9.17, 15) is 14.4 Å². The molecule has 8 heteroatoms. The van der Waals surface area contributed by atoms with Crippen molar-refractivity contribution in [1.29, 1.82) is 0 Å². The summed E-state index contributed by atoms with van der Waals surface area (Å²) < 4.78 is 5.13. The highest BCUT2D eigenvalue weighted by atomic mass is 32.1. The van der Waals surface area contributed by atoms with E-state index in [1.807, 2.05) is 37.3 Å². The van der Waals surface area contributed by atoms with Gasteiger partial charge in [-0.25, -0.2) is 9.78 Å². The van der Waals surface area contributed by atoms with Gasteiger partial charge in [-0.2, -0.15) is 0 Å². The summed E-state index contributed by atoms with van der Waals surface area (Å²) in [5.41, 5.74) is 1.34. The Hall–Kier alpha value is -3.00. The lowest BCUT2D eigenvalue weighted by Gasteiger charge is -2.13. The van der Waals surface area contributed by atoms with Crippen molar-refractivity contribution in [3.8, 4) is 0 Å². The highest BCUT2D eigenvalue weighted by Crippen LogP contribution is 2.27. The Balaban J connectivity index is 1.59. The fourth-order valence-electron chi connectivity index (χ4n) is 2.86. The molecule has 3 rings (SSSR count). The van der Waals surface area contributed by atoms with Gasteiger partial charge in [-0.1, -0.05) is 37.3 Å². The van der Waals surface area contributed by atoms with Crippen LogP contribution in [0.25, 0.3) is 10.2 Å². The zero-order valence-electron chi connectivity index (χ0n) is 15.9. The third-order valence-electron chi connectivity index (χ3n) is 4.41. The Kier molecular flexibility index (Phi) is 5.89. The van der Waals surface area contributed by atoms with E-state index in [1.165, 1.54) is 0 Å². The smallest absolute Gasteiger partial charge is 0.349 e. The average molecular weight is 399 g/mol. The Morgan fingerprint density at radius 3 is 2.68 bits per heavy atom. The summed E-state index contributed by atoms with van der Waals surface area (Å²) >= 11 is 1.09. The molecule has 2 aromatic heterocycles. The standard InChI is InChI=1S/C20H21N3O4S/c1-11(14-7-5-4-6-8-14)9-21-15(24)10-27-20(26)17-12(2)16-18(25)22-13(3)23-19(16)28-17/h4-8,11H,9-10H2,1-3H3,(H,21,24)(H,22,23,25)/t11-/m1/s1. The molecular weight excluding hydrogens is 378 g/mol. The number of aryl methyl sites for hydroxylation is 2. The van der Waals surface area contributed by atoms with Gasteiger partial charge in [0.05, 0.1) is 5.39 Å². The van der Waals surface area contributed by atoms with Crippen molar-refractivity contribution in [2.45, 2.75) is 26.7 Å². The van der Waals surface area contributed by atoms with E-state index in [0.717, 1.165) is 16.9 Å². The second-order valence-corrected chi connectivity index (χ2v) is 7.58. The monoisotopic (exact) mass is 399 g/mol. The molecule has 146 valence electrons. The SMILES string of the molecule is Cc1nc2sc(C(=O)OCC(=O)NC[C@@H](C)c3ccccc3)c(C)c2c(=O)[nH]1. The third kappa shape index (κ3) is 4.28. The number of fused-ring (bicyclic) bond motifs is 1. The molecule has 0 saturated heterocycles. The minimum absolute atomic E-state index is 0.145. The maximum atomic E-state index is 12.4. The molecule has 2 N–H and O–H groups in total. The Bertz CT molecular complexity index is 1070. The number of thiophene rings is 1. The normalized spacial score (nSPS) is 12.0. The Morgan fingerprint density at radius 1 is 1.25 bits per heavy atom. The minimum atomic E-state index is -0.635. The topological polar surface area (TPSA) is 101 Å². The first-order valence-electron chi connectivity index (χ1n) is 8.85. The van der Waals surface area contributed by atoms with Gasteiger partial charge in [0.25, 0.3) is 11.5 Å². The first-order chi connectivity index (χ1) is 13.4. The molecule has 0 bridgehead atoms. The van der Waals surface area contributed by atoms with Crippen LogP contribution >= 0.6 is 11.3 Å². The van der Waals surface area contributed by atoms with Gasteiger partial charge in [-0.15, -0.1) is 11.3 Å². The molecule has 0 aliphatic carbocycles. The average Bonchev–Trinajstić information content (AvgIpc) is 3.01. The van der Waals surface area contributed by atoms with E-state index >= 15 is 0 Å². The van der Waals surface area contributed by atoms with E-state index < -0.39 is 5.97 Å². The number of ether oxygens (including phenoxy) is 1. The van der Waals surface area contributed by atoms with Crippen LogP contribution in [0, 0.1) is 13.8 Å². The second-order valence-electron chi connectivity index (χ2n) is 6.58. The van der Waals surface area contributed by atoms with Crippen LogP contribution in [0.5, 0.6) is 0 Å². The van der Waals surface area contributed by atoms with Gasteiger partial charge < -0.3 is 15.0 Å². The van der Waals surface area contributed by atoms with E-state index in [1.54, 1.807) is 13.8 Å². The second kappa shape index (κ2) is 8.35. The molecule has 0 saturated carbocycles. The molecule has 1 atom stereocenters. The molecule has 0 radical (unpaired) electrons. The van der Waals surface area contributed by atoms with E-state index in [-0.39, 0.29) is 28.9 Å². The van der Waals surface area contributed by atoms with Crippen LogP contribution in [0.1, 0.15) is 39.5 Å². The maximum absolute atomic E-state index is 12.4. The van der Waals surface area contributed by atoms with Crippen LogP contribution in [-0.2, 0) is 9.53 Å². The van der Waals surface area contributed by atoms with Gasteiger partial charge in [0.15, 0.2) is 6.61 Å². The Labute approximate surface area is 165 Å². The summed E-state index contributed by atoms with van der Waals surface area (Å²) in [7, 11) is 0. The molecule has 28 heavy (non-hydrogen) atoms. The zero-order chi connectivity index (χ0) is 20.3. The first kappa shape index (κ1) is 19.8. The molecule has 0 aliphatic heterocycles. The Morgan fingerprint density at radius 2 is 1.96 bits per heavy atom. The van der Waals surface area contributed by atoms with Crippen molar-refractivity contribution in [3.05, 3.63) is 62.5 Å². The van der Waals surface area contributed by atoms with Crippen molar-refractivity contribution >= 4 is 33.4 Å². The zero-order valence-corrected chi connectivity index (χ0v) is 16.7. The van der Waals surface area contributed by atoms with E-state index in [4.69, 9.17) is 4.74 Å². The number of H-pyrrole nitrogens is 1. The van der Waals surface area contributed by atoms with Crippen LogP contribution < -0.4 is 10.9 Å². The van der Waals surface area contributed by atoms with Crippen molar-refractivity contribution in [2.75, 3.05) is 13.2 Å². The van der Waals surface area contributed by atoms with E-state index in [0.29, 0.717) is 28.1 Å². The number of nitrogens with one attached hydrogen (secondary N) is 2. The molecule has 0 aliphatic rings. The number of rotatable bonds is 6. The summed E-state index contributed by atoms with van der Waals surface area (Å²) in [4.78, 5) is 44.1. The lowest BCUT2D eigenvalue weighted by atomic mass is 10.0. The number of carbonyl (C=O) groups is 2. The number of amides is 1. The summed E-state index contributed by atoms with van der Waals surface area (Å²) in [6, 6.07) is 9.83. The van der Waals surface area contributed by atoms with Crippen LogP contribution in [0.3, 0.4) is 0 Å². The molecule has 0 spiro atoms. The van der Waals surface area contributed by atoms with Crippen LogP contribution in [-0.4, -0.2) is 35.0 Å². The minimum Gasteiger partial charge on any atom is -0.451 e. The van der Waals surface area contributed by atoms with Gasteiger partial charge in [0, 0.05) is 6.54 Å². The van der Waals surface area contributed by atoms with Gasteiger partial charge >= 0.3 is 5.97 Å². The van der Waals surface area contributed by atoms with Crippen molar-refractivity contribution in [3.63, 3.8) is 0 Å². The maximum Gasteiger partial charge on any atom is 0.349 e. The number of carbonyl (C=O) groups excluding carboxylic acids is 2. The van der Waals surface area contributed by atoms with Gasteiger partial charge in [0.2, 0.25) is 0 Å². The fourth-order valence-corrected chi connectivity index (χ4v) is 3.98. The molecule has 1 aromatic carbocycles. The van der Waals surface area contributed by atoms with Crippen molar-refractivity contribution < 1.29 is 14.3 Å². The molecule has 2 heterocycles. The lowest BCUT2D eigenvalue weighted by Crippen LogP contribution is -2.31. The highest BCUT2D eigenvalue weighted by Gasteiger charge is 2.21. The molecular formula is C20H21N3O4S. The molecule has 7 nitrogen and oxygen atoms in total. The number of hydrogen-bond acceptors (Lipinski definition) is 6. The number of aromatic amines is 1. The van der Waals surface area contributed by atoms with Gasteiger partial charge in [-0.05, 0) is 30.9 Å². The number of hydrogen-bond donors (Lipinski definition) is 2. The number of esters is 1. The van der Waals surface area contributed by atoms with Crippen LogP contribution in [0.15, 0.2) is 35.1 Å². The molecule has 1 amide bonds. The predicted octanol–water partition coefficient (Wildman–Crippen LogP) is 2.68. The van der Waals surface area contributed by atoms with Crippen LogP contribution in [0.2, 0.25) is 0 Å². The number of nitrogens with zero attached hydrogens (tertiary/aromatic N) is 1. The number of benzene rings is 1. The quantitative estimate of drug-likeness (QED) is 0.621. The van der Waals surface area contributed by atoms with Gasteiger partial charge in [-0.3, -0.25) is 9.59 Å². The summed E-state index contributed by atoms with van der Waals surface area (Å²) in [5.74, 6) is -0.386. The summed E-state index contributed by atoms with van der Waals surface area (Å²) in [6.45, 7) is 5.42. The fraction of sp³-hybridized carbons (Fsp3) is 0.300.